The van der Waals surface area contributed by atoms with Gasteiger partial charge in [0.05, 0.1) is 5.69 Å². The average Bonchev–Trinajstić information content (AvgIpc) is 3.49. The van der Waals surface area contributed by atoms with Crippen LogP contribution in [0, 0.1) is 6.92 Å². The Hall–Kier alpha value is -4.07. The highest BCUT2D eigenvalue weighted by molar-refractivity contribution is 5.81. The quantitative estimate of drug-likeness (QED) is 0.467. The molecule has 31 heavy (non-hydrogen) atoms. The maximum atomic E-state index is 4.73. The Bertz CT molecular complexity index is 1340. The molecule has 0 saturated heterocycles. The molecule has 0 atom stereocenters. The molecule has 0 spiro atoms. The highest BCUT2D eigenvalue weighted by Crippen LogP contribution is 2.32. The maximum absolute atomic E-state index is 4.73. The SMILES string of the molecule is CCc1cc(N(C)c2ccc(-c3ccccc3-c3nn[nH]n3)cc2)n2cnc(C)c2n1. The van der Waals surface area contributed by atoms with Crippen molar-refractivity contribution < 1.29 is 0 Å². The Morgan fingerprint density at radius 3 is 2.52 bits per heavy atom. The number of benzene rings is 2. The van der Waals surface area contributed by atoms with Crippen LogP contribution in [0.3, 0.4) is 0 Å². The van der Waals surface area contributed by atoms with Gasteiger partial charge in [0.25, 0.3) is 0 Å². The summed E-state index contributed by atoms with van der Waals surface area (Å²) >= 11 is 0. The van der Waals surface area contributed by atoms with Crippen LogP contribution in [0.25, 0.3) is 28.2 Å². The molecule has 0 unspecified atom stereocenters. The summed E-state index contributed by atoms with van der Waals surface area (Å²) < 4.78 is 2.04. The molecule has 8 heteroatoms. The highest BCUT2D eigenvalue weighted by atomic mass is 15.5. The number of H-pyrrole nitrogens is 1. The van der Waals surface area contributed by atoms with Crippen molar-refractivity contribution in [3.8, 4) is 22.5 Å². The molecular formula is C23H22N8. The second kappa shape index (κ2) is 7.64. The van der Waals surface area contributed by atoms with Crippen LogP contribution >= 0.6 is 0 Å². The van der Waals surface area contributed by atoms with Crippen molar-refractivity contribution in [3.05, 3.63) is 72.3 Å². The van der Waals surface area contributed by atoms with Crippen LogP contribution in [-0.2, 0) is 6.42 Å². The molecule has 8 nitrogen and oxygen atoms in total. The van der Waals surface area contributed by atoms with Crippen LogP contribution in [-0.4, -0.2) is 42.0 Å². The van der Waals surface area contributed by atoms with Crippen LogP contribution in [0.4, 0.5) is 11.5 Å². The summed E-state index contributed by atoms with van der Waals surface area (Å²) in [5, 5.41) is 14.5. The van der Waals surface area contributed by atoms with Gasteiger partial charge in [0.2, 0.25) is 5.82 Å². The number of nitrogens with one attached hydrogen (secondary N) is 1. The molecule has 0 radical (unpaired) electrons. The number of aryl methyl sites for hydroxylation is 2. The largest absolute Gasteiger partial charge is 0.330 e. The molecule has 0 saturated carbocycles. The normalized spacial score (nSPS) is 11.2. The fourth-order valence-electron chi connectivity index (χ4n) is 3.76. The van der Waals surface area contributed by atoms with E-state index in [1.165, 1.54) is 0 Å². The van der Waals surface area contributed by atoms with E-state index in [-0.39, 0.29) is 0 Å². The summed E-state index contributed by atoms with van der Waals surface area (Å²) in [6, 6.07) is 18.6. The molecule has 154 valence electrons. The molecule has 3 aromatic heterocycles. The molecular weight excluding hydrogens is 388 g/mol. The van der Waals surface area contributed by atoms with Gasteiger partial charge in [-0.3, -0.25) is 4.40 Å². The third-order valence-electron chi connectivity index (χ3n) is 5.50. The Morgan fingerprint density at radius 2 is 1.81 bits per heavy atom. The molecule has 5 aromatic rings. The van der Waals surface area contributed by atoms with Crippen LogP contribution in [0.2, 0.25) is 0 Å². The van der Waals surface area contributed by atoms with Crippen LogP contribution in [0.1, 0.15) is 18.3 Å². The highest BCUT2D eigenvalue weighted by Gasteiger charge is 2.14. The number of rotatable bonds is 5. The lowest BCUT2D eigenvalue weighted by molar-refractivity contribution is 0.881. The van der Waals surface area contributed by atoms with Gasteiger partial charge >= 0.3 is 0 Å². The first-order chi connectivity index (χ1) is 15.2. The topological polar surface area (TPSA) is 87.9 Å². The van der Waals surface area contributed by atoms with Gasteiger partial charge in [-0.15, -0.1) is 10.2 Å². The molecule has 0 amide bonds. The summed E-state index contributed by atoms with van der Waals surface area (Å²) in [4.78, 5) is 11.3. The predicted molar refractivity (Wildman–Crippen MR) is 120 cm³/mol. The zero-order valence-corrected chi connectivity index (χ0v) is 17.6. The van der Waals surface area contributed by atoms with Gasteiger partial charge in [0.15, 0.2) is 5.65 Å². The number of anilines is 2. The van der Waals surface area contributed by atoms with E-state index in [0.29, 0.717) is 5.82 Å². The molecule has 0 fully saturated rings. The molecule has 0 aliphatic heterocycles. The first-order valence-electron chi connectivity index (χ1n) is 10.2. The first kappa shape index (κ1) is 18.9. The van der Waals surface area contributed by atoms with E-state index >= 15 is 0 Å². The number of aromatic amines is 1. The molecule has 0 aliphatic rings. The van der Waals surface area contributed by atoms with E-state index in [4.69, 9.17) is 4.98 Å². The summed E-state index contributed by atoms with van der Waals surface area (Å²) in [6.07, 6.45) is 2.70. The summed E-state index contributed by atoms with van der Waals surface area (Å²) in [7, 11) is 2.06. The van der Waals surface area contributed by atoms with Crippen molar-refractivity contribution in [1.29, 1.82) is 0 Å². The number of hydrogen-bond donors (Lipinski definition) is 1. The smallest absolute Gasteiger partial charge is 0.205 e. The van der Waals surface area contributed by atoms with Crippen LogP contribution in [0.15, 0.2) is 60.9 Å². The number of aromatic nitrogens is 7. The van der Waals surface area contributed by atoms with Gasteiger partial charge in [-0.05, 0) is 41.8 Å². The zero-order chi connectivity index (χ0) is 21.4. The lowest BCUT2D eigenvalue weighted by Gasteiger charge is -2.22. The van der Waals surface area contributed by atoms with Gasteiger partial charge in [-0.1, -0.05) is 43.3 Å². The van der Waals surface area contributed by atoms with E-state index in [9.17, 15) is 0 Å². The summed E-state index contributed by atoms with van der Waals surface area (Å²) in [5.74, 6) is 1.61. The van der Waals surface area contributed by atoms with Crippen molar-refractivity contribution in [2.75, 3.05) is 11.9 Å². The number of fused-ring (bicyclic) bond motifs is 1. The van der Waals surface area contributed by atoms with Gasteiger partial charge in [-0.25, -0.2) is 9.97 Å². The molecule has 0 aliphatic carbocycles. The second-order valence-corrected chi connectivity index (χ2v) is 7.37. The van der Waals surface area contributed by atoms with Crippen molar-refractivity contribution in [3.63, 3.8) is 0 Å². The Morgan fingerprint density at radius 1 is 1.03 bits per heavy atom. The van der Waals surface area contributed by atoms with E-state index < -0.39 is 0 Å². The summed E-state index contributed by atoms with van der Waals surface area (Å²) in [6.45, 7) is 4.10. The van der Waals surface area contributed by atoms with E-state index in [1.54, 1.807) is 0 Å². The fraction of sp³-hybridized carbons (Fsp3) is 0.174. The first-order valence-corrected chi connectivity index (χ1v) is 10.2. The monoisotopic (exact) mass is 410 g/mol. The lowest BCUT2D eigenvalue weighted by atomic mass is 9.99. The third-order valence-corrected chi connectivity index (χ3v) is 5.50. The molecule has 3 heterocycles. The Kier molecular flexibility index (Phi) is 4.66. The van der Waals surface area contributed by atoms with Crippen LogP contribution in [0.5, 0.6) is 0 Å². The second-order valence-electron chi connectivity index (χ2n) is 7.37. The van der Waals surface area contributed by atoms with E-state index in [0.717, 1.165) is 51.7 Å². The van der Waals surface area contributed by atoms with Gasteiger partial charge < -0.3 is 4.90 Å². The minimum atomic E-state index is 0.582. The van der Waals surface area contributed by atoms with Crippen molar-refractivity contribution in [1.82, 2.24) is 35.0 Å². The Labute approximate surface area is 179 Å². The van der Waals surface area contributed by atoms with E-state index in [2.05, 4.69) is 80.9 Å². The van der Waals surface area contributed by atoms with Gasteiger partial charge in [0, 0.05) is 30.1 Å². The summed E-state index contributed by atoms with van der Waals surface area (Å²) in [5.41, 5.74) is 7.03. The van der Waals surface area contributed by atoms with Gasteiger partial charge in [-0.2, -0.15) is 5.21 Å². The maximum Gasteiger partial charge on any atom is 0.205 e. The van der Waals surface area contributed by atoms with E-state index in [1.807, 2.05) is 35.9 Å². The van der Waals surface area contributed by atoms with Crippen molar-refractivity contribution >= 4 is 17.2 Å². The number of nitrogens with zero attached hydrogens (tertiary/aromatic N) is 7. The average molecular weight is 410 g/mol. The zero-order valence-electron chi connectivity index (χ0n) is 17.6. The number of tetrazole rings is 1. The molecule has 2 aromatic carbocycles. The predicted octanol–water partition coefficient (Wildman–Crippen LogP) is 4.22. The fourth-order valence-corrected chi connectivity index (χ4v) is 3.76. The molecule has 0 bridgehead atoms. The van der Waals surface area contributed by atoms with Gasteiger partial charge in [0.1, 0.15) is 12.1 Å². The standard InChI is InChI=1S/C23H22N8/c1-4-17-13-21(31-14-24-15(2)23(31)25-17)30(3)18-11-9-16(10-12-18)19-7-5-6-8-20(19)22-26-28-29-27-22/h5-14H,4H2,1-3H3,(H,26,27,28,29). The lowest BCUT2D eigenvalue weighted by Crippen LogP contribution is -2.14. The van der Waals surface area contributed by atoms with Crippen molar-refractivity contribution in [2.24, 2.45) is 0 Å². The van der Waals surface area contributed by atoms with Crippen LogP contribution < -0.4 is 4.90 Å². The minimum Gasteiger partial charge on any atom is -0.330 e. The number of hydrogen-bond acceptors (Lipinski definition) is 6. The minimum absolute atomic E-state index is 0.582. The molecule has 1 N–H and O–H groups in total. The molecule has 5 rings (SSSR count). The number of imidazole rings is 1. The Balaban J connectivity index is 1.53. The van der Waals surface area contributed by atoms with Crippen molar-refractivity contribution in [2.45, 2.75) is 20.3 Å². The third kappa shape index (κ3) is 3.31.